The SMILES string of the molecule is CC1CCCCC1Nc1cccnc1N(C)C. The third-order valence-corrected chi connectivity index (χ3v) is 3.66. The van der Waals surface area contributed by atoms with Crippen molar-refractivity contribution in [2.75, 3.05) is 24.3 Å². The van der Waals surface area contributed by atoms with Gasteiger partial charge in [-0.3, -0.25) is 0 Å². The molecule has 1 fully saturated rings. The van der Waals surface area contributed by atoms with Gasteiger partial charge in [0.1, 0.15) is 0 Å². The van der Waals surface area contributed by atoms with Crippen LogP contribution in [-0.2, 0) is 0 Å². The van der Waals surface area contributed by atoms with Gasteiger partial charge in [0, 0.05) is 26.3 Å². The smallest absolute Gasteiger partial charge is 0.151 e. The Labute approximate surface area is 104 Å². The average Bonchev–Trinajstić information content (AvgIpc) is 2.32. The van der Waals surface area contributed by atoms with E-state index in [2.05, 4.69) is 28.2 Å². The fourth-order valence-electron chi connectivity index (χ4n) is 2.60. The second kappa shape index (κ2) is 5.39. The zero-order valence-electron chi connectivity index (χ0n) is 11.1. The van der Waals surface area contributed by atoms with Gasteiger partial charge in [-0.05, 0) is 30.9 Å². The van der Waals surface area contributed by atoms with Gasteiger partial charge in [0.2, 0.25) is 0 Å². The minimum Gasteiger partial charge on any atom is -0.379 e. The molecule has 1 heterocycles. The zero-order valence-corrected chi connectivity index (χ0v) is 11.1. The molecule has 1 aromatic rings. The van der Waals surface area contributed by atoms with Crippen LogP contribution in [0, 0.1) is 5.92 Å². The Morgan fingerprint density at radius 3 is 2.76 bits per heavy atom. The topological polar surface area (TPSA) is 28.2 Å². The Morgan fingerprint density at radius 2 is 2.06 bits per heavy atom. The maximum absolute atomic E-state index is 4.43. The molecule has 0 amide bonds. The molecule has 2 atom stereocenters. The molecule has 1 saturated carbocycles. The van der Waals surface area contributed by atoms with Crippen LogP contribution in [0.3, 0.4) is 0 Å². The van der Waals surface area contributed by atoms with Gasteiger partial charge in [-0.15, -0.1) is 0 Å². The minimum absolute atomic E-state index is 0.603. The van der Waals surface area contributed by atoms with E-state index in [-0.39, 0.29) is 0 Å². The van der Waals surface area contributed by atoms with E-state index >= 15 is 0 Å². The summed E-state index contributed by atoms with van der Waals surface area (Å²) in [6.45, 7) is 2.35. The number of hydrogen-bond donors (Lipinski definition) is 1. The highest BCUT2D eigenvalue weighted by Gasteiger charge is 2.22. The maximum Gasteiger partial charge on any atom is 0.151 e. The van der Waals surface area contributed by atoms with E-state index < -0.39 is 0 Å². The van der Waals surface area contributed by atoms with Crippen molar-refractivity contribution in [3.8, 4) is 0 Å². The van der Waals surface area contributed by atoms with Crippen molar-refractivity contribution in [2.45, 2.75) is 38.6 Å². The van der Waals surface area contributed by atoms with Crippen LogP contribution in [0.4, 0.5) is 11.5 Å². The molecule has 1 N–H and O–H groups in total. The van der Waals surface area contributed by atoms with Crippen molar-refractivity contribution in [3.05, 3.63) is 18.3 Å². The lowest BCUT2D eigenvalue weighted by atomic mass is 9.86. The zero-order chi connectivity index (χ0) is 12.3. The minimum atomic E-state index is 0.603. The predicted molar refractivity (Wildman–Crippen MR) is 73.6 cm³/mol. The van der Waals surface area contributed by atoms with Crippen molar-refractivity contribution in [1.82, 2.24) is 4.98 Å². The summed E-state index contributed by atoms with van der Waals surface area (Å²) < 4.78 is 0. The van der Waals surface area contributed by atoms with Crippen molar-refractivity contribution in [2.24, 2.45) is 5.92 Å². The number of hydrogen-bond acceptors (Lipinski definition) is 3. The molecule has 17 heavy (non-hydrogen) atoms. The van der Waals surface area contributed by atoms with Gasteiger partial charge in [-0.2, -0.15) is 0 Å². The fourth-order valence-corrected chi connectivity index (χ4v) is 2.60. The third kappa shape index (κ3) is 2.90. The van der Waals surface area contributed by atoms with Gasteiger partial charge in [-0.25, -0.2) is 4.98 Å². The molecule has 3 nitrogen and oxygen atoms in total. The standard InChI is InChI=1S/C14H23N3/c1-11-7-4-5-8-12(11)16-13-9-6-10-15-14(13)17(2)3/h6,9-12,16H,4-5,7-8H2,1-3H3. The molecule has 3 heteroatoms. The summed E-state index contributed by atoms with van der Waals surface area (Å²) in [6.07, 6.45) is 7.20. The van der Waals surface area contributed by atoms with Gasteiger partial charge < -0.3 is 10.2 Å². The van der Waals surface area contributed by atoms with Crippen molar-refractivity contribution < 1.29 is 0 Å². The lowest BCUT2D eigenvalue weighted by molar-refractivity contribution is 0.349. The van der Waals surface area contributed by atoms with E-state index in [1.165, 1.54) is 25.7 Å². The Morgan fingerprint density at radius 1 is 1.29 bits per heavy atom. The van der Waals surface area contributed by atoms with E-state index in [1.54, 1.807) is 0 Å². The average molecular weight is 233 g/mol. The van der Waals surface area contributed by atoms with Crippen molar-refractivity contribution in [1.29, 1.82) is 0 Å². The molecule has 2 rings (SSSR count). The first-order valence-electron chi connectivity index (χ1n) is 6.57. The van der Waals surface area contributed by atoms with Gasteiger partial charge in [0.15, 0.2) is 5.82 Å². The summed E-state index contributed by atoms with van der Waals surface area (Å²) in [6, 6.07) is 4.73. The Bertz CT molecular complexity index is 362. The number of anilines is 2. The van der Waals surface area contributed by atoms with Crippen LogP contribution in [0.25, 0.3) is 0 Å². The number of pyridine rings is 1. The van der Waals surface area contributed by atoms with Gasteiger partial charge in [0.05, 0.1) is 5.69 Å². The molecule has 2 unspecified atom stereocenters. The number of aromatic nitrogens is 1. The van der Waals surface area contributed by atoms with Crippen LogP contribution in [0.1, 0.15) is 32.6 Å². The first kappa shape index (κ1) is 12.2. The monoisotopic (exact) mass is 233 g/mol. The van der Waals surface area contributed by atoms with Gasteiger partial charge in [0.25, 0.3) is 0 Å². The van der Waals surface area contributed by atoms with E-state index in [1.807, 2.05) is 26.4 Å². The molecule has 94 valence electrons. The van der Waals surface area contributed by atoms with Crippen LogP contribution in [0.5, 0.6) is 0 Å². The lowest BCUT2D eigenvalue weighted by Gasteiger charge is -2.31. The lowest BCUT2D eigenvalue weighted by Crippen LogP contribution is -2.31. The molecule has 0 radical (unpaired) electrons. The second-order valence-electron chi connectivity index (χ2n) is 5.28. The molecule has 1 aromatic heterocycles. The molecule has 1 aliphatic carbocycles. The van der Waals surface area contributed by atoms with Crippen LogP contribution in [-0.4, -0.2) is 25.1 Å². The molecule has 0 saturated heterocycles. The molecule has 0 aliphatic heterocycles. The molecule has 1 aliphatic rings. The largest absolute Gasteiger partial charge is 0.379 e. The number of rotatable bonds is 3. The fraction of sp³-hybridized carbons (Fsp3) is 0.643. The Kier molecular flexibility index (Phi) is 3.87. The predicted octanol–water partition coefficient (Wildman–Crippen LogP) is 3.14. The first-order chi connectivity index (χ1) is 8.18. The summed E-state index contributed by atoms with van der Waals surface area (Å²) in [5, 5.41) is 3.68. The van der Waals surface area contributed by atoms with E-state index in [9.17, 15) is 0 Å². The first-order valence-corrected chi connectivity index (χ1v) is 6.57. The van der Waals surface area contributed by atoms with Gasteiger partial charge in [-0.1, -0.05) is 19.8 Å². The highest BCUT2D eigenvalue weighted by atomic mass is 15.2. The Balaban J connectivity index is 2.12. The van der Waals surface area contributed by atoms with Crippen LogP contribution in [0.2, 0.25) is 0 Å². The van der Waals surface area contributed by atoms with E-state index in [0.29, 0.717) is 6.04 Å². The van der Waals surface area contributed by atoms with Crippen LogP contribution in [0.15, 0.2) is 18.3 Å². The molecular formula is C14H23N3. The Hall–Kier alpha value is -1.25. The number of nitrogens with one attached hydrogen (secondary N) is 1. The summed E-state index contributed by atoms with van der Waals surface area (Å²) >= 11 is 0. The third-order valence-electron chi connectivity index (χ3n) is 3.66. The summed E-state index contributed by atoms with van der Waals surface area (Å²) in [4.78, 5) is 6.50. The van der Waals surface area contributed by atoms with Crippen LogP contribution < -0.4 is 10.2 Å². The molecule has 0 spiro atoms. The van der Waals surface area contributed by atoms with Crippen LogP contribution >= 0.6 is 0 Å². The molecular weight excluding hydrogens is 210 g/mol. The van der Waals surface area contributed by atoms with Crippen molar-refractivity contribution in [3.63, 3.8) is 0 Å². The summed E-state index contributed by atoms with van der Waals surface area (Å²) in [7, 11) is 4.08. The molecule has 0 bridgehead atoms. The summed E-state index contributed by atoms with van der Waals surface area (Å²) in [5.74, 6) is 1.80. The maximum atomic E-state index is 4.43. The highest BCUT2D eigenvalue weighted by molar-refractivity contribution is 5.65. The van der Waals surface area contributed by atoms with E-state index in [0.717, 1.165) is 17.4 Å². The summed E-state index contributed by atoms with van der Waals surface area (Å²) in [5.41, 5.74) is 1.16. The quantitative estimate of drug-likeness (QED) is 0.869. The van der Waals surface area contributed by atoms with Gasteiger partial charge >= 0.3 is 0 Å². The van der Waals surface area contributed by atoms with Crippen molar-refractivity contribution >= 4 is 11.5 Å². The normalized spacial score (nSPS) is 24.4. The molecule has 0 aromatic carbocycles. The number of nitrogens with zero attached hydrogens (tertiary/aromatic N) is 2. The highest BCUT2D eigenvalue weighted by Crippen LogP contribution is 2.29. The second-order valence-corrected chi connectivity index (χ2v) is 5.28. The van der Waals surface area contributed by atoms with E-state index in [4.69, 9.17) is 0 Å².